The first-order valence-electron chi connectivity index (χ1n) is 10.0. The molecule has 0 fully saturated rings. The van der Waals surface area contributed by atoms with Gasteiger partial charge in [0.25, 0.3) is 5.56 Å². The summed E-state index contributed by atoms with van der Waals surface area (Å²) in [5, 5.41) is 0.752. The standard InChI is InChI=1S/C22H25N3O4S/c1-28-15-9-8-13(11-16(15)29-2)12-19-24-21-20(14-5-3-6-17(14)30-21)22(27)25(19)10-4-7-18(23)26/h8-9,11H,3-7,10,12H2,1-2H3,(H2,23,26). The summed E-state index contributed by atoms with van der Waals surface area (Å²) in [6.45, 7) is 0.415. The summed E-state index contributed by atoms with van der Waals surface area (Å²) in [5.74, 6) is 1.60. The molecule has 0 bridgehead atoms. The van der Waals surface area contributed by atoms with Crippen LogP contribution >= 0.6 is 11.3 Å². The predicted octanol–water partition coefficient (Wildman–Crippen LogP) is 2.82. The second kappa shape index (κ2) is 8.47. The Labute approximate surface area is 178 Å². The number of hydrogen-bond acceptors (Lipinski definition) is 6. The van der Waals surface area contributed by atoms with Crippen molar-refractivity contribution in [3.05, 3.63) is 50.4 Å². The molecule has 0 unspecified atom stereocenters. The average molecular weight is 428 g/mol. The maximum atomic E-state index is 13.4. The number of hydrogen-bond donors (Lipinski definition) is 1. The summed E-state index contributed by atoms with van der Waals surface area (Å²) in [6, 6.07) is 5.69. The van der Waals surface area contributed by atoms with Crippen LogP contribution in [0.5, 0.6) is 11.5 Å². The van der Waals surface area contributed by atoms with Crippen LogP contribution in [0.3, 0.4) is 0 Å². The third kappa shape index (κ3) is 3.79. The molecule has 7 nitrogen and oxygen atoms in total. The van der Waals surface area contributed by atoms with Crippen molar-refractivity contribution in [3.8, 4) is 11.5 Å². The first-order chi connectivity index (χ1) is 14.5. The van der Waals surface area contributed by atoms with E-state index in [1.54, 1.807) is 30.1 Å². The lowest BCUT2D eigenvalue weighted by atomic mass is 10.1. The van der Waals surface area contributed by atoms with E-state index in [9.17, 15) is 9.59 Å². The molecule has 2 heterocycles. The van der Waals surface area contributed by atoms with E-state index in [2.05, 4.69) is 0 Å². The van der Waals surface area contributed by atoms with Gasteiger partial charge < -0.3 is 15.2 Å². The zero-order valence-electron chi connectivity index (χ0n) is 17.2. The molecule has 0 saturated carbocycles. The highest BCUT2D eigenvalue weighted by atomic mass is 32.1. The normalized spacial score (nSPS) is 12.9. The van der Waals surface area contributed by atoms with Crippen LogP contribution in [-0.2, 0) is 30.6 Å². The van der Waals surface area contributed by atoms with E-state index in [-0.39, 0.29) is 17.9 Å². The lowest BCUT2D eigenvalue weighted by Crippen LogP contribution is -2.26. The Morgan fingerprint density at radius 2 is 2.03 bits per heavy atom. The minimum absolute atomic E-state index is 0.0145. The summed E-state index contributed by atoms with van der Waals surface area (Å²) >= 11 is 1.63. The Kier molecular flexibility index (Phi) is 5.76. The monoisotopic (exact) mass is 427 g/mol. The topological polar surface area (TPSA) is 96.4 Å². The van der Waals surface area contributed by atoms with E-state index in [0.29, 0.717) is 36.7 Å². The van der Waals surface area contributed by atoms with Crippen molar-refractivity contribution in [2.45, 2.75) is 45.1 Å². The summed E-state index contributed by atoms with van der Waals surface area (Å²) in [4.78, 5) is 31.6. The molecule has 0 radical (unpaired) electrons. The second-order valence-electron chi connectivity index (χ2n) is 7.46. The average Bonchev–Trinajstić information content (AvgIpc) is 3.30. The van der Waals surface area contributed by atoms with E-state index >= 15 is 0 Å². The van der Waals surface area contributed by atoms with Gasteiger partial charge in [0.15, 0.2) is 11.5 Å². The van der Waals surface area contributed by atoms with Crippen LogP contribution in [0.15, 0.2) is 23.0 Å². The number of carbonyl (C=O) groups excluding carboxylic acids is 1. The van der Waals surface area contributed by atoms with Gasteiger partial charge in [-0.3, -0.25) is 14.2 Å². The van der Waals surface area contributed by atoms with Gasteiger partial charge in [-0.15, -0.1) is 11.3 Å². The number of nitrogens with two attached hydrogens (primary N) is 1. The Balaban J connectivity index is 1.77. The van der Waals surface area contributed by atoms with Crippen LogP contribution in [0.1, 0.15) is 41.1 Å². The van der Waals surface area contributed by atoms with Crippen molar-refractivity contribution in [1.82, 2.24) is 9.55 Å². The Bertz CT molecular complexity index is 1170. The van der Waals surface area contributed by atoms with Crippen LogP contribution < -0.4 is 20.8 Å². The van der Waals surface area contributed by atoms with Gasteiger partial charge in [0.2, 0.25) is 5.91 Å². The Morgan fingerprint density at radius 1 is 1.23 bits per heavy atom. The number of primary amides is 1. The number of aromatic nitrogens is 2. The van der Waals surface area contributed by atoms with E-state index in [0.717, 1.165) is 40.6 Å². The number of thiophene rings is 1. The SMILES string of the molecule is COc1ccc(Cc2nc3sc4c(c3c(=O)n2CCCC(N)=O)CCC4)cc1OC. The molecule has 1 amide bonds. The van der Waals surface area contributed by atoms with E-state index in [4.69, 9.17) is 20.2 Å². The molecule has 0 saturated heterocycles. The smallest absolute Gasteiger partial charge is 0.262 e. The molecule has 8 heteroatoms. The molecule has 0 spiro atoms. The lowest BCUT2D eigenvalue weighted by Gasteiger charge is -2.14. The fourth-order valence-corrected chi connectivity index (χ4v) is 5.34. The minimum Gasteiger partial charge on any atom is -0.493 e. The number of rotatable bonds is 8. The van der Waals surface area contributed by atoms with Crippen molar-refractivity contribution in [2.24, 2.45) is 5.73 Å². The number of nitrogens with zero attached hydrogens (tertiary/aromatic N) is 2. The van der Waals surface area contributed by atoms with Gasteiger partial charge >= 0.3 is 0 Å². The highest BCUT2D eigenvalue weighted by Gasteiger charge is 2.23. The molecule has 3 aromatic rings. The van der Waals surface area contributed by atoms with Gasteiger partial charge in [-0.25, -0.2) is 4.98 Å². The largest absolute Gasteiger partial charge is 0.493 e. The molecular weight excluding hydrogens is 402 g/mol. The highest BCUT2D eigenvalue weighted by molar-refractivity contribution is 7.18. The Hall–Kier alpha value is -2.87. The van der Waals surface area contributed by atoms with Gasteiger partial charge in [-0.1, -0.05) is 6.07 Å². The lowest BCUT2D eigenvalue weighted by molar-refractivity contribution is -0.118. The van der Waals surface area contributed by atoms with Gasteiger partial charge in [-0.05, 0) is 48.9 Å². The molecule has 1 aliphatic carbocycles. The van der Waals surface area contributed by atoms with Crippen LogP contribution in [-0.4, -0.2) is 29.7 Å². The van der Waals surface area contributed by atoms with Crippen LogP contribution in [0.25, 0.3) is 10.2 Å². The maximum Gasteiger partial charge on any atom is 0.262 e. The van der Waals surface area contributed by atoms with Gasteiger partial charge in [0.05, 0.1) is 19.6 Å². The summed E-state index contributed by atoms with van der Waals surface area (Å²) < 4.78 is 12.4. The molecule has 0 atom stereocenters. The maximum absolute atomic E-state index is 13.4. The Morgan fingerprint density at radius 3 is 2.77 bits per heavy atom. The second-order valence-corrected chi connectivity index (χ2v) is 8.54. The van der Waals surface area contributed by atoms with Crippen molar-refractivity contribution in [3.63, 3.8) is 0 Å². The van der Waals surface area contributed by atoms with Gasteiger partial charge in [0, 0.05) is 24.3 Å². The zero-order valence-corrected chi connectivity index (χ0v) is 18.0. The quantitative estimate of drug-likeness (QED) is 0.596. The molecule has 2 aromatic heterocycles. The molecule has 4 rings (SSSR count). The van der Waals surface area contributed by atoms with E-state index in [1.807, 2.05) is 18.2 Å². The third-order valence-corrected chi connectivity index (χ3v) is 6.70. The number of aryl methyl sites for hydroxylation is 2. The van der Waals surface area contributed by atoms with Gasteiger partial charge in [-0.2, -0.15) is 0 Å². The molecular formula is C22H25N3O4S. The summed E-state index contributed by atoms with van der Waals surface area (Å²) in [6.07, 6.45) is 4.26. The van der Waals surface area contributed by atoms with Crippen molar-refractivity contribution in [2.75, 3.05) is 14.2 Å². The van der Waals surface area contributed by atoms with Crippen LogP contribution in [0.4, 0.5) is 0 Å². The number of carbonyl (C=O) groups is 1. The van der Waals surface area contributed by atoms with Crippen molar-refractivity contribution < 1.29 is 14.3 Å². The van der Waals surface area contributed by atoms with E-state index < -0.39 is 0 Å². The number of amides is 1. The van der Waals surface area contributed by atoms with Crippen LogP contribution in [0.2, 0.25) is 0 Å². The molecule has 1 aromatic carbocycles. The van der Waals surface area contributed by atoms with E-state index in [1.165, 1.54) is 4.88 Å². The molecule has 1 aliphatic rings. The number of benzene rings is 1. The minimum atomic E-state index is -0.366. The fraction of sp³-hybridized carbons (Fsp3) is 0.409. The van der Waals surface area contributed by atoms with Gasteiger partial charge in [0.1, 0.15) is 10.7 Å². The number of ether oxygens (including phenoxy) is 2. The molecule has 30 heavy (non-hydrogen) atoms. The predicted molar refractivity (Wildman–Crippen MR) is 117 cm³/mol. The first-order valence-corrected chi connectivity index (χ1v) is 10.9. The molecule has 0 aliphatic heterocycles. The number of methoxy groups -OCH3 is 2. The molecule has 158 valence electrons. The summed E-state index contributed by atoms with van der Waals surface area (Å²) in [5.41, 5.74) is 7.41. The third-order valence-electron chi connectivity index (χ3n) is 5.52. The fourth-order valence-electron chi connectivity index (χ4n) is 4.07. The van der Waals surface area contributed by atoms with Crippen molar-refractivity contribution in [1.29, 1.82) is 0 Å². The highest BCUT2D eigenvalue weighted by Crippen LogP contribution is 2.35. The number of fused-ring (bicyclic) bond motifs is 3. The first kappa shape index (κ1) is 20.4. The van der Waals surface area contributed by atoms with Crippen molar-refractivity contribution >= 4 is 27.5 Å². The molecule has 2 N–H and O–H groups in total. The summed E-state index contributed by atoms with van der Waals surface area (Å²) in [7, 11) is 3.19. The zero-order chi connectivity index (χ0) is 21.3. The van der Waals surface area contributed by atoms with Crippen LogP contribution in [0, 0.1) is 0 Å².